The maximum absolute atomic E-state index is 13.2. The highest BCUT2D eigenvalue weighted by Gasteiger charge is 2.38. The van der Waals surface area contributed by atoms with Gasteiger partial charge < -0.3 is 10.2 Å². The van der Waals surface area contributed by atoms with Crippen molar-refractivity contribution in [3.05, 3.63) is 64.2 Å². The molecule has 1 fully saturated rings. The molecular formula is C26H29N3O4. The van der Waals surface area contributed by atoms with Crippen molar-refractivity contribution in [3.8, 4) is 0 Å². The second-order valence-electron chi connectivity index (χ2n) is 9.23. The molecule has 2 heterocycles. The predicted molar refractivity (Wildman–Crippen MR) is 125 cm³/mol. The second kappa shape index (κ2) is 8.81. The molecule has 0 unspecified atom stereocenters. The number of carbonyl (C=O) groups excluding carboxylic acids is 4. The van der Waals surface area contributed by atoms with Crippen molar-refractivity contribution in [2.24, 2.45) is 5.92 Å². The number of likely N-dealkylation sites (tertiary alicyclic amines) is 1. The van der Waals surface area contributed by atoms with Crippen LogP contribution < -0.4 is 10.2 Å². The van der Waals surface area contributed by atoms with Crippen molar-refractivity contribution in [2.75, 3.05) is 18.0 Å². The van der Waals surface area contributed by atoms with Crippen LogP contribution in [0.4, 0.5) is 5.69 Å². The molecule has 4 rings (SSSR count). The largest absolute Gasteiger partial charge is 0.354 e. The highest BCUT2D eigenvalue weighted by Crippen LogP contribution is 2.32. The van der Waals surface area contributed by atoms with Crippen molar-refractivity contribution in [1.29, 1.82) is 0 Å². The summed E-state index contributed by atoms with van der Waals surface area (Å²) in [4.78, 5) is 54.4. The highest BCUT2D eigenvalue weighted by molar-refractivity contribution is 6.35. The molecule has 172 valence electrons. The Morgan fingerprint density at radius 2 is 1.61 bits per heavy atom. The lowest BCUT2D eigenvalue weighted by Crippen LogP contribution is -2.44. The molecule has 4 amide bonds. The molecule has 1 N–H and O–H groups in total. The van der Waals surface area contributed by atoms with Crippen LogP contribution in [0, 0.1) is 19.8 Å². The van der Waals surface area contributed by atoms with E-state index in [1.807, 2.05) is 45.9 Å². The highest BCUT2D eigenvalue weighted by atomic mass is 16.2. The standard InChI is InChI=1S/C26H29N3O4/c1-15(2)27-23(30)18-9-11-28(12-10-18)24(31)19-7-8-20-21(14-19)26(33)29(25(20)32)22-13-16(3)5-6-17(22)4/h5-8,13-15,18H,9-12H2,1-4H3,(H,27,30). The van der Waals surface area contributed by atoms with Crippen molar-refractivity contribution < 1.29 is 19.2 Å². The first-order valence-electron chi connectivity index (χ1n) is 11.4. The summed E-state index contributed by atoms with van der Waals surface area (Å²) < 4.78 is 0. The van der Waals surface area contributed by atoms with Crippen LogP contribution in [0.5, 0.6) is 0 Å². The van der Waals surface area contributed by atoms with Crippen LogP contribution >= 0.6 is 0 Å². The lowest BCUT2D eigenvalue weighted by molar-refractivity contribution is -0.126. The Kier molecular flexibility index (Phi) is 6.06. The first kappa shape index (κ1) is 22.7. The minimum atomic E-state index is -0.414. The number of fused-ring (bicyclic) bond motifs is 1. The Morgan fingerprint density at radius 1 is 0.939 bits per heavy atom. The molecule has 2 aliphatic heterocycles. The van der Waals surface area contributed by atoms with Gasteiger partial charge in [-0.3, -0.25) is 19.2 Å². The fourth-order valence-electron chi connectivity index (χ4n) is 4.48. The third kappa shape index (κ3) is 4.27. The number of hydrogen-bond donors (Lipinski definition) is 1. The van der Waals surface area contributed by atoms with Crippen LogP contribution in [0.2, 0.25) is 0 Å². The number of benzene rings is 2. The molecule has 0 radical (unpaired) electrons. The van der Waals surface area contributed by atoms with E-state index in [9.17, 15) is 19.2 Å². The maximum atomic E-state index is 13.2. The molecule has 2 aromatic carbocycles. The van der Waals surface area contributed by atoms with Gasteiger partial charge in [-0.15, -0.1) is 0 Å². The van der Waals surface area contributed by atoms with Crippen LogP contribution in [-0.2, 0) is 4.79 Å². The monoisotopic (exact) mass is 447 g/mol. The number of aryl methyl sites for hydroxylation is 2. The van der Waals surface area contributed by atoms with Gasteiger partial charge in [-0.05, 0) is 75.9 Å². The number of imide groups is 1. The van der Waals surface area contributed by atoms with E-state index >= 15 is 0 Å². The van der Waals surface area contributed by atoms with Gasteiger partial charge in [0.25, 0.3) is 17.7 Å². The van der Waals surface area contributed by atoms with Crippen molar-refractivity contribution >= 4 is 29.3 Å². The minimum absolute atomic E-state index is 0.0327. The third-order valence-corrected chi connectivity index (χ3v) is 6.32. The Labute approximate surface area is 193 Å². The zero-order chi connectivity index (χ0) is 23.9. The van der Waals surface area contributed by atoms with E-state index in [-0.39, 0.29) is 35.2 Å². The first-order valence-corrected chi connectivity index (χ1v) is 11.4. The molecule has 7 nitrogen and oxygen atoms in total. The summed E-state index contributed by atoms with van der Waals surface area (Å²) in [6.07, 6.45) is 1.21. The smallest absolute Gasteiger partial charge is 0.266 e. The average molecular weight is 448 g/mol. The van der Waals surface area contributed by atoms with Gasteiger partial charge in [0.05, 0.1) is 16.8 Å². The van der Waals surface area contributed by atoms with E-state index in [0.29, 0.717) is 42.7 Å². The zero-order valence-corrected chi connectivity index (χ0v) is 19.5. The molecule has 0 spiro atoms. The van der Waals surface area contributed by atoms with Gasteiger partial charge in [0.1, 0.15) is 0 Å². The Morgan fingerprint density at radius 3 is 2.27 bits per heavy atom. The van der Waals surface area contributed by atoms with Crippen LogP contribution in [0.15, 0.2) is 36.4 Å². The van der Waals surface area contributed by atoms with Crippen molar-refractivity contribution in [3.63, 3.8) is 0 Å². The van der Waals surface area contributed by atoms with Gasteiger partial charge >= 0.3 is 0 Å². The molecule has 7 heteroatoms. The number of nitrogens with zero attached hydrogens (tertiary/aromatic N) is 2. The van der Waals surface area contributed by atoms with E-state index in [1.54, 1.807) is 17.0 Å². The van der Waals surface area contributed by atoms with E-state index in [4.69, 9.17) is 0 Å². The zero-order valence-electron chi connectivity index (χ0n) is 19.5. The van der Waals surface area contributed by atoms with Gasteiger partial charge in [0, 0.05) is 30.6 Å². The second-order valence-corrected chi connectivity index (χ2v) is 9.23. The van der Waals surface area contributed by atoms with Gasteiger partial charge in [-0.25, -0.2) is 4.90 Å². The van der Waals surface area contributed by atoms with E-state index in [1.165, 1.54) is 11.0 Å². The predicted octanol–water partition coefficient (Wildman–Crippen LogP) is 3.48. The van der Waals surface area contributed by atoms with Gasteiger partial charge in [0.2, 0.25) is 5.91 Å². The summed E-state index contributed by atoms with van der Waals surface area (Å²) in [7, 11) is 0. The lowest BCUT2D eigenvalue weighted by atomic mass is 9.95. The molecule has 0 atom stereocenters. The van der Waals surface area contributed by atoms with E-state index in [2.05, 4.69) is 5.32 Å². The maximum Gasteiger partial charge on any atom is 0.266 e. The summed E-state index contributed by atoms with van der Waals surface area (Å²) in [5, 5.41) is 2.93. The molecule has 0 aliphatic carbocycles. The van der Waals surface area contributed by atoms with Gasteiger partial charge in [-0.2, -0.15) is 0 Å². The molecule has 0 bridgehead atoms. The first-order chi connectivity index (χ1) is 15.7. The molecule has 33 heavy (non-hydrogen) atoms. The summed E-state index contributed by atoms with van der Waals surface area (Å²) in [6, 6.07) is 10.4. The minimum Gasteiger partial charge on any atom is -0.354 e. The van der Waals surface area contributed by atoms with Gasteiger partial charge in [0.15, 0.2) is 0 Å². The van der Waals surface area contributed by atoms with E-state index < -0.39 is 5.91 Å². The Balaban J connectivity index is 1.51. The van der Waals surface area contributed by atoms with Gasteiger partial charge in [-0.1, -0.05) is 12.1 Å². The van der Waals surface area contributed by atoms with E-state index in [0.717, 1.165) is 11.1 Å². The van der Waals surface area contributed by atoms with Crippen LogP contribution in [-0.4, -0.2) is 47.7 Å². The van der Waals surface area contributed by atoms with Crippen molar-refractivity contribution in [1.82, 2.24) is 10.2 Å². The molecule has 1 saturated heterocycles. The number of hydrogen-bond acceptors (Lipinski definition) is 4. The molecular weight excluding hydrogens is 418 g/mol. The van der Waals surface area contributed by atoms with Crippen LogP contribution in [0.3, 0.4) is 0 Å². The topological polar surface area (TPSA) is 86.8 Å². The molecule has 2 aromatic rings. The number of nitrogens with one attached hydrogen (secondary N) is 1. The SMILES string of the molecule is Cc1ccc(C)c(N2C(=O)c3ccc(C(=O)N4CCC(C(=O)NC(C)C)CC4)cc3C2=O)c1. The number of anilines is 1. The van der Waals surface area contributed by atoms with Crippen molar-refractivity contribution in [2.45, 2.75) is 46.6 Å². The van der Waals surface area contributed by atoms with Crippen LogP contribution in [0.1, 0.15) is 68.9 Å². The summed E-state index contributed by atoms with van der Waals surface area (Å²) in [6.45, 7) is 8.59. The summed E-state index contributed by atoms with van der Waals surface area (Å²) >= 11 is 0. The number of piperidine rings is 1. The fraction of sp³-hybridized carbons (Fsp3) is 0.385. The number of amides is 4. The molecule has 2 aliphatic rings. The Hall–Kier alpha value is -3.48. The summed E-state index contributed by atoms with van der Waals surface area (Å²) in [5.41, 5.74) is 3.28. The third-order valence-electron chi connectivity index (χ3n) is 6.32. The molecule has 0 aromatic heterocycles. The Bertz CT molecular complexity index is 1150. The number of rotatable bonds is 4. The fourth-order valence-corrected chi connectivity index (χ4v) is 4.48. The molecule has 0 saturated carbocycles. The number of carbonyl (C=O) groups is 4. The summed E-state index contributed by atoms with van der Waals surface area (Å²) in [5.74, 6) is -1.04. The van der Waals surface area contributed by atoms with Crippen LogP contribution in [0.25, 0.3) is 0 Å². The quantitative estimate of drug-likeness (QED) is 0.727. The average Bonchev–Trinajstić information content (AvgIpc) is 3.04. The normalized spacial score (nSPS) is 16.4. The lowest BCUT2D eigenvalue weighted by Gasteiger charge is -2.31.